The van der Waals surface area contributed by atoms with Gasteiger partial charge in [-0.15, -0.1) is 0 Å². The third-order valence-electron chi connectivity index (χ3n) is 3.45. The molecule has 0 spiro atoms. The second kappa shape index (κ2) is 4.78. The number of fused-ring (bicyclic) bond motifs is 1. The van der Waals surface area contributed by atoms with E-state index < -0.39 is 6.10 Å². The van der Waals surface area contributed by atoms with E-state index in [1.165, 1.54) is 5.56 Å². The van der Waals surface area contributed by atoms with Gasteiger partial charge >= 0.3 is 0 Å². The van der Waals surface area contributed by atoms with Crippen molar-refractivity contribution >= 4 is 15.9 Å². The number of hydrogen-bond donors (Lipinski definition) is 1. The van der Waals surface area contributed by atoms with Crippen molar-refractivity contribution in [3.8, 4) is 0 Å². The van der Waals surface area contributed by atoms with E-state index in [9.17, 15) is 5.11 Å². The molecule has 0 radical (unpaired) electrons. The fourth-order valence-electron chi connectivity index (χ4n) is 2.56. The van der Waals surface area contributed by atoms with Crippen LogP contribution < -0.4 is 0 Å². The zero-order valence-electron chi connectivity index (χ0n) is 9.75. The largest absolute Gasteiger partial charge is 0.386 e. The minimum atomic E-state index is -0.600. The van der Waals surface area contributed by atoms with Crippen molar-refractivity contribution in [2.45, 2.75) is 24.9 Å². The van der Waals surface area contributed by atoms with Gasteiger partial charge in [0.25, 0.3) is 0 Å². The van der Waals surface area contributed by atoms with Crippen LogP contribution in [0.2, 0.25) is 0 Å². The lowest BCUT2D eigenvalue weighted by atomic mass is 9.96. The minimum absolute atomic E-state index is 0.0485. The normalized spacial score (nSPS) is 19.6. The van der Waals surface area contributed by atoms with E-state index in [0.717, 1.165) is 23.0 Å². The summed E-state index contributed by atoms with van der Waals surface area (Å²) in [5, 5.41) is 10.5. The molecule has 2 aromatic rings. The molecule has 0 bridgehead atoms. The lowest BCUT2D eigenvalue weighted by Crippen LogP contribution is -2.11. The molecule has 2 atom stereocenters. The van der Waals surface area contributed by atoms with Crippen LogP contribution in [-0.2, 0) is 6.42 Å². The van der Waals surface area contributed by atoms with E-state index in [2.05, 4.69) is 32.0 Å². The fraction of sp³-hybridized carbons (Fsp3) is 0.286. The second-order valence-electron chi connectivity index (χ2n) is 4.51. The smallest absolute Gasteiger partial charge is 0.105 e. The number of hydrogen-bond acceptors (Lipinski definition) is 3. The summed E-state index contributed by atoms with van der Waals surface area (Å²) in [5.41, 5.74) is 2.96. The van der Waals surface area contributed by atoms with E-state index in [1.54, 1.807) is 12.4 Å². The third kappa shape index (κ3) is 1.95. The van der Waals surface area contributed by atoms with Gasteiger partial charge in [0.15, 0.2) is 0 Å². The summed E-state index contributed by atoms with van der Waals surface area (Å²) in [5.74, 6) is 0.0485. The van der Waals surface area contributed by atoms with Gasteiger partial charge in [0.1, 0.15) is 6.10 Å². The molecule has 0 amide bonds. The molecular formula is C14H13BrN2O. The van der Waals surface area contributed by atoms with Crippen LogP contribution in [0.1, 0.15) is 35.4 Å². The molecule has 0 aliphatic heterocycles. The first-order valence-electron chi connectivity index (χ1n) is 5.99. The molecule has 4 heteroatoms. The van der Waals surface area contributed by atoms with Gasteiger partial charge < -0.3 is 5.11 Å². The van der Waals surface area contributed by atoms with Crippen molar-refractivity contribution in [2.24, 2.45) is 0 Å². The van der Waals surface area contributed by atoms with Crippen molar-refractivity contribution in [3.05, 3.63) is 58.1 Å². The van der Waals surface area contributed by atoms with E-state index in [4.69, 9.17) is 0 Å². The monoisotopic (exact) mass is 304 g/mol. The van der Waals surface area contributed by atoms with Crippen LogP contribution in [0.4, 0.5) is 0 Å². The maximum atomic E-state index is 10.5. The number of pyridine rings is 2. The molecule has 2 heterocycles. The van der Waals surface area contributed by atoms with E-state index >= 15 is 0 Å². The predicted molar refractivity (Wildman–Crippen MR) is 72.2 cm³/mol. The SMILES string of the molecule is OC(c1ncccc1Br)C1CCc2cccnc21. The Labute approximate surface area is 114 Å². The highest BCUT2D eigenvalue weighted by Crippen LogP contribution is 2.41. The van der Waals surface area contributed by atoms with Crippen LogP contribution in [0.15, 0.2) is 41.1 Å². The van der Waals surface area contributed by atoms with Gasteiger partial charge in [-0.1, -0.05) is 6.07 Å². The van der Waals surface area contributed by atoms with E-state index in [-0.39, 0.29) is 5.92 Å². The molecule has 0 fully saturated rings. The van der Waals surface area contributed by atoms with Crippen molar-refractivity contribution < 1.29 is 5.11 Å². The van der Waals surface area contributed by atoms with Crippen LogP contribution in [0.25, 0.3) is 0 Å². The zero-order valence-corrected chi connectivity index (χ0v) is 11.3. The maximum Gasteiger partial charge on any atom is 0.105 e. The highest BCUT2D eigenvalue weighted by molar-refractivity contribution is 9.10. The van der Waals surface area contributed by atoms with Crippen LogP contribution in [0.5, 0.6) is 0 Å². The molecule has 3 nitrogen and oxygen atoms in total. The van der Waals surface area contributed by atoms with E-state index in [1.807, 2.05) is 18.2 Å². The summed E-state index contributed by atoms with van der Waals surface area (Å²) in [6, 6.07) is 7.79. The minimum Gasteiger partial charge on any atom is -0.386 e. The molecule has 18 heavy (non-hydrogen) atoms. The van der Waals surface area contributed by atoms with Crippen LogP contribution in [-0.4, -0.2) is 15.1 Å². The Kier molecular flexibility index (Phi) is 3.14. The maximum absolute atomic E-state index is 10.5. The van der Waals surface area contributed by atoms with Gasteiger partial charge in [0.05, 0.1) is 5.69 Å². The highest BCUT2D eigenvalue weighted by Gasteiger charge is 2.32. The van der Waals surface area contributed by atoms with Crippen molar-refractivity contribution in [2.75, 3.05) is 0 Å². The van der Waals surface area contributed by atoms with Crippen molar-refractivity contribution in [3.63, 3.8) is 0 Å². The summed E-state index contributed by atoms with van der Waals surface area (Å²) < 4.78 is 0.849. The van der Waals surface area contributed by atoms with Crippen molar-refractivity contribution in [1.82, 2.24) is 9.97 Å². The number of aromatic nitrogens is 2. The number of aliphatic hydroxyl groups is 1. The predicted octanol–water partition coefficient (Wildman–Crippen LogP) is 3.00. The number of halogens is 1. The van der Waals surface area contributed by atoms with Crippen LogP contribution in [0.3, 0.4) is 0 Å². The molecule has 92 valence electrons. The Balaban J connectivity index is 1.96. The fourth-order valence-corrected chi connectivity index (χ4v) is 3.05. The molecule has 3 rings (SSSR count). The van der Waals surface area contributed by atoms with Gasteiger partial charge in [0, 0.05) is 28.5 Å². The van der Waals surface area contributed by atoms with Gasteiger partial charge in [0.2, 0.25) is 0 Å². The molecule has 0 saturated heterocycles. The first-order valence-corrected chi connectivity index (χ1v) is 6.79. The van der Waals surface area contributed by atoms with Gasteiger partial charge in [-0.05, 0) is 52.5 Å². The highest BCUT2D eigenvalue weighted by atomic mass is 79.9. The van der Waals surface area contributed by atoms with E-state index in [0.29, 0.717) is 5.69 Å². The summed E-state index contributed by atoms with van der Waals surface area (Å²) >= 11 is 3.44. The molecule has 2 unspecified atom stereocenters. The Morgan fingerprint density at radius 3 is 2.83 bits per heavy atom. The van der Waals surface area contributed by atoms with Crippen LogP contribution in [0, 0.1) is 0 Å². The summed E-state index contributed by atoms with van der Waals surface area (Å²) in [6.45, 7) is 0. The topological polar surface area (TPSA) is 46.0 Å². The van der Waals surface area contributed by atoms with Gasteiger partial charge in [-0.2, -0.15) is 0 Å². The average Bonchev–Trinajstić information content (AvgIpc) is 2.82. The standard InChI is InChI=1S/C14H13BrN2O/c15-11-4-2-8-17-13(11)14(18)10-6-5-9-3-1-7-16-12(9)10/h1-4,7-8,10,14,18H,5-6H2. The number of rotatable bonds is 2. The molecule has 1 aliphatic carbocycles. The Morgan fingerprint density at radius 1 is 1.22 bits per heavy atom. The summed E-state index contributed by atoms with van der Waals surface area (Å²) in [4.78, 5) is 8.68. The Morgan fingerprint density at radius 2 is 2.00 bits per heavy atom. The number of aliphatic hydroxyl groups excluding tert-OH is 1. The van der Waals surface area contributed by atoms with Gasteiger partial charge in [-0.3, -0.25) is 9.97 Å². The van der Waals surface area contributed by atoms with Gasteiger partial charge in [-0.25, -0.2) is 0 Å². The number of aryl methyl sites for hydroxylation is 1. The number of nitrogens with zero attached hydrogens (tertiary/aromatic N) is 2. The average molecular weight is 305 g/mol. The summed E-state index contributed by atoms with van der Waals surface area (Å²) in [7, 11) is 0. The molecular weight excluding hydrogens is 292 g/mol. The molecule has 1 N–H and O–H groups in total. The molecule has 2 aromatic heterocycles. The second-order valence-corrected chi connectivity index (χ2v) is 5.36. The first-order chi connectivity index (χ1) is 8.77. The molecule has 1 aliphatic rings. The first kappa shape index (κ1) is 11.8. The summed E-state index contributed by atoms with van der Waals surface area (Å²) in [6.07, 6.45) is 4.80. The third-order valence-corrected chi connectivity index (χ3v) is 4.12. The quantitative estimate of drug-likeness (QED) is 0.928. The lowest BCUT2D eigenvalue weighted by molar-refractivity contribution is 0.138. The lowest BCUT2D eigenvalue weighted by Gasteiger charge is -2.18. The molecule has 0 aromatic carbocycles. The molecule has 0 saturated carbocycles. The zero-order chi connectivity index (χ0) is 12.5. The van der Waals surface area contributed by atoms with Crippen LogP contribution >= 0.6 is 15.9 Å². The Bertz CT molecular complexity index is 573. The Hall–Kier alpha value is -1.26. The van der Waals surface area contributed by atoms with Crippen molar-refractivity contribution in [1.29, 1.82) is 0 Å².